The van der Waals surface area contributed by atoms with Crippen molar-refractivity contribution >= 4 is 0 Å². The Labute approximate surface area is 149 Å². The monoisotopic (exact) mass is 334 g/mol. The molecular weight excluding hydrogens is 296 g/mol. The summed E-state index contributed by atoms with van der Waals surface area (Å²) in [6.45, 7) is 17.2. The predicted octanol–water partition coefficient (Wildman–Crippen LogP) is 4.36. The molecule has 1 atom stereocenters. The highest BCUT2D eigenvalue weighted by Gasteiger charge is 2.35. The molecule has 0 amide bonds. The molecule has 2 rings (SSSR count). The Kier molecular flexibility index (Phi) is 5.87. The molecular formula is C21H38N2O. The number of nitrogens with zero attached hydrogens (tertiary/aromatic N) is 1. The van der Waals surface area contributed by atoms with E-state index in [1.165, 1.54) is 0 Å². The second-order valence-corrected chi connectivity index (χ2v) is 9.67. The molecule has 1 N–H and O–H groups in total. The Morgan fingerprint density at radius 2 is 1.83 bits per heavy atom. The summed E-state index contributed by atoms with van der Waals surface area (Å²) in [7, 11) is 2.19. The predicted molar refractivity (Wildman–Crippen MR) is 103 cm³/mol. The van der Waals surface area contributed by atoms with E-state index in [0.29, 0.717) is 6.10 Å². The lowest BCUT2D eigenvalue weighted by Crippen LogP contribution is -2.49. The molecule has 1 heterocycles. The summed E-state index contributed by atoms with van der Waals surface area (Å²) in [6, 6.07) is 0. The number of ether oxygens (including phenoxy) is 1. The molecule has 0 spiro atoms. The molecule has 3 heteroatoms. The Bertz CT molecular complexity index is 479. The molecule has 0 saturated carbocycles. The summed E-state index contributed by atoms with van der Waals surface area (Å²) in [5.41, 5.74) is 0.563. The van der Waals surface area contributed by atoms with Crippen LogP contribution in [-0.4, -0.2) is 43.2 Å². The minimum atomic E-state index is 0.0299. The first kappa shape index (κ1) is 19.5. The topological polar surface area (TPSA) is 24.5 Å². The van der Waals surface area contributed by atoms with E-state index in [-0.39, 0.29) is 16.4 Å². The van der Waals surface area contributed by atoms with Crippen molar-refractivity contribution in [3.63, 3.8) is 0 Å². The summed E-state index contributed by atoms with van der Waals surface area (Å²) in [5, 5.41) is 3.78. The summed E-state index contributed by atoms with van der Waals surface area (Å²) in [4.78, 5) is 2.38. The minimum absolute atomic E-state index is 0.0299. The summed E-state index contributed by atoms with van der Waals surface area (Å²) in [6.07, 6.45) is 10.4. The highest BCUT2D eigenvalue weighted by atomic mass is 16.5. The van der Waals surface area contributed by atoms with Crippen LogP contribution in [-0.2, 0) is 4.74 Å². The second-order valence-electron chi connectivity index (χ2n) is 9.67. The van der Waals surface area contributed by atoms with E-state index in [4.69, 9.17) is 4.74 Å². The van der Waals surface area contributed by atoms with Gasteiger partial charge in [0.25, 0.3) is 0 Å². The van der Waals surface area contributed by atoms with Gasteiger partial charge >= 0.3 is 0 Å². The molecule has 0 aromatic heterocycles. The molecule has 0 aromatic rings. The first-order valence-corrected chi connectivity index (χ1v) is 9.50. The Hall–Kier alpha value is -0.800. The van der Waals surface area contributed by atoms with Crippen LogP contribution in [0.25, 0.3) is 0 Å². The van der Waals surface area contributed by atoms with Crippen molar-refractivity contribution in [2.24, 2.45) is 10.8 Å². The van der Waals surface area contributed by atoms with E-state index in [9.17, 15) is 0 Å². The van der Waals surface area contributed by atoms with Crippen molar-refractivity contribution in [1.29, 1.82) is 0 Å². The molecule has 0 aromatic carbocycles. The van der Waals surface area contributed by atoms with Gasteiger partial charge in [-0.3, -0.25) is 0 Å². The van der Waals surface area contributed by atoms with Gasteiger partial charge in [-0.2, -0.15) is 0 Å². The maximum absolute atomic E-state index is 6.19. The molecule has 24 heavy (non-hydrogen) atoms. The van der Waals surface area contributed by atoms with Crippen molar-refractivity contribution in [3.8, 4) is 0 Å². The van der Waals surface area contributed by atoms with E-state index < -0.39 is 0 Å². The van der Waals surface area contributed by atoms with Gasteiger partial charge < -0.3 is 15.0 Å². The van der Waals surface area contributed by atoms with Gasteiger partial charge in [-0.25, -0.2) is 0 Å². The van der Waals surface area contributed by atoms with Gasteiger partial charge in [0.2, 0.25) is 0 Å². The van der Waals surface area contributed by atoms with Crippen molar-refractivity contribution in [3.05, 3.63) is 24.0 Å². The van der Waals surface area contributed by atoms with E-state index in [0.717, 1.165) is 44.7 Å². The van der Waals surface area contributed by atoms with Crippen LogP contribution in [0.3, 0.4) is 0 Å². The van der Waals surface area contributed by atoms with Crippen molar-refractivity contribution in [2.45, 2.75) is 72.4 Å². The number of piperidine rings is 1. The van der Waals surface area contributed by atoms with Gasteiger partial charge in [0, 0.05) is 25.2 Å². The number of nitrogens with one attached hydrogen (secondary N) is 1. The summed E-state index contributed by atoms with van der Waals surface area (Å²) >= 11 is 0. The molecule has 3 nitrogen and oxygen atoms in total. The first-order valence-electron chi connectivity index (χ1n) is 9.50. The molecule has 0 radical (unpaired) electrons. The highest BCUT2D eigenvalue weighted by molar-refractivity contribution is 5.25. The Balaban J connectivity index is 1.84. The third-order valence-corrected chi connectivity index (χ3v) is 6.28. The minimum Gasteiger partial charge on any atom is -0.491 e. The molecule has 1 unspecified atom stereocenters. The SMILES string of the molecule is CN1CCC(OC2=CCC(C)(NCC(C)(C)C(C)(C)C)C=C2)CC1. The molecule has 2 aliphatic rings. The maximum atomic E-state index is 6.19. The van der Waals surface area contributed by atoms with Crippen LogP contribution in [0.4, 0.5) is 0 Å². The third-order valence-electron chi connectivity index (χ3n) is 6.28. The third kappa shape index (κ3) is 5.10. The van der Waals surface area contributed by atoms with Gasteiger partial charge in [-0.15, -0.1) is 0 Å². The smallest absolute Gasteiger partial charge is 0.115 e. The average molecular weight is 335 g/mol. The summed E-state index contributed by atoms with van der Waals surface area (Å²) < 4.78 is 6.19. The number of allylic oxidation sites excluding steroid dienone is 1. The zero-order chi connectivity index (χ0) is 18.0. The molecule has 1 aliphatic carbocycles. The van der Waals surface area contributed by atoms with E-state index in [1.807, 2.05) is 0 Å². The maximum Gasteiger partial charge on any atom is 0.115 e. The van der Waals surface area contributed by atoms with Crippen LogP contribution >= 0.6 is 0 Å². The fourth-order valence-corrected chi connectivity index (χ4v) is 2.92. The quantitative estimate of drug-likeness (QED) is 0.808. The van der Waals surface area contributed by atoms with E-state index >= 15 is 0 Å². The molecule has 1 saturated heterocycles. The van der Waals surface area contributed by atoms with Crippen LogP contribution < -0.4 is 5.32 Å². The lowest BCUT2D eigenvalue weighted by Gasteiger charge is -2.42. The number of hydrogen-bond donors (Lipinski definition) is 1. The van der Waals surface area contributed by atoms with Gasteiger partial charge in [-0.1, -0.05) is 40.7 Å². The van der Waals surface area contributed by atoms with Crippen molar-refractivity contribution in [2.75, 3.05) is 26.7 Å². The Morgan fingerprint density at radius 1 is 1.21 bits per heavy atom. The molecule has 1 fully saturated rings. The first-order chi connectivity index (χ1) is 11.0. The van der Waals surface area contributed by atoms with Crippen LogP contribution in [0.2, 0.25) is 0 Å². The van der Waals surface area contributed by atoms with Crippen LogP contribution in [0.15, 0.2) is 24.0 Å². The van der Waals surface area contributed by atoms with Crippen LogP contribution in [0.1, 0.15) is 60.8 Å². The average Bonchev–Trinajstić information content (AvgIpc) is 2.49. The molecule has 138 valence electrons. The molecule has 0 bridgehead atoms. The highest BCUT2D eigenvalue weighted by Crippen LogP contribution is 2.38. The van der Waals surface area contributed by atoms with E-state index in [1.54, 1.807) is 0 Å². The van der Waals surface area contributed by atoms with Gasteiger partial charge in [0.1, 0.15) is 11.9 Å². The number of likely N-dealkylation sites (tertiary alicyclic amines) is 1. The summed E-state index contributed by atoms with van der Waals surface area (Å²) in [5.74, 6) is 1.05. The van der Waals surface area contributed by atoms with Crippen molar-refractivity contribution in [1.82, 2.24) is 10.2 Å². The Morgan fingerprint density at radius 3 is 2.33 bits per heavy atom. The lowest BCUT2D eigenvalue weighted by atomic mass is 9.69. The van der Waals surface area contributed by atoms with Crippen LogP contribution in [0.5, 0.6) is 0 Å². The zero-order valence-corrected chi connectivity index (χ0v) is 16.9. The van der Waals surface area contributed by atoms with Crippen LogP contribution in [0, 0.1) is 10.8 Å². The normalized spacial score (nSPS) is 27.2. The van der Waals surface area contributed by atoms with Crippen molar-refractivity contribution < 1.29 is 4.74 Å². The largest absolute Gasteiger partial charge is 0.491 e. The van der Waals surface area contributed by atoms with Gasteiger partial charge in [-0.05, 0) is 56.2 Å². The second kappa shape index (κ2) is 7.21. The standard InChI is InChI=1S/C21H38N2O/c1-19(2,3)20(4,5)16-22-21(6)12-8-17(9-13-21)24-18-10-14-23(7)15-11-18/h8-9,12,18,22H,10-11,13-16H2,1-7H3. The fraction of sp³-hybridized carbons (Fsp3) is 0.810. The number of hydrogen-bond acceptors (Lipinski definition) is 3. The van der Waals surface area contributed by atoms with E-state index in [2.05, 4.69) is 77.0 Å². The van der Waals surface area contributed by atoms with Gasteiger partial charge in [0.15, 0.2) is 0 Å². The molecule has 1 aliphatic heterocycles. The number of rotatable bonds is 5. The fourth-order valence-electron chi connectivity index (χ4n) is 2.92. The lowest BCUT2D eigenvalue weighted by molar-refractivity contribution is 0.0624. The van der Waals surface area contributed by atoms with Gasteiger partial charge in [0.05, 0.1) is 0 Å². The zero-order valence-electron chi connectivity index (χ0n) is 16.9.